The summed E-state index contributed by atoms with van der Waals surface area (Å²) in [5.41, 5.74) is 1.26. The fourth-order valence-electron chi connectivity index (χ4n) is 1.72. The van der Waals surface area contributed by atoms with Gasteiger partial charge in [0.1, 0.15) is 11.6 Å². The third-order valence-electron chi connectivity index (χ3n) is 2.73. The number of rotatable bonds is 2. The second-order valence-electron chi connectivity index (χ2n) is 4.01. The number of benzene rings is 2. The van der Waals surface area contributed by atoms with Crippen LogP contribution in [0.4, 0.5) is 8.78 Å². The molecule has 0 fully saturated rings. The zero-order valence-corrected chi connectivity index (χ0v) is 11.1. The fourth-order valence-corrected chi connectivity index (χ4v) is 2.39. The Kier molecular flexibility index (Phi) is 3.88. The Morgan fingerprint density at radius 3 is 2.33 bits per heavy atom. The van der Waals surface area contributed by atoms with Gasteiger partial charge in [0, 0.05) is 10.6 Å². The van der Waals surface area contributed by atoms with Crippen molar-refractivity contribution in [2.45, 2.75) is 12.3 Å². The van der Waals surface area contributed by atoms with Crippen LogP contribution in [-0.2, 0) is 0 Å². The number of aryl methyl sites for hydroxylation is 1. The second kappa shape index (κ2) is 5.25. The average molecular weight is 287 g/mol. The third kappa shape index (κ3) is 2.50. The molecule has 0 heterocycles. The lowest BCUT2D eigenvalue weighted by atomic mass is 10.0. The minimum atomic E-state index is -0.738. The summed E-state index contributed by atoms with van der Waals surface area (Å²) in [4.78, 5) is 0. The SMILES string of the molecule is Cc1cc(C(Cl)c2ccccc2F)c(Cl)cc1F. The number of hydrogen-bond donors (Lipinski definition) is 0. The van der Waals surface area contributed by atoms with Gasteiger partial charge in [-0.05, 0) is 36.2 Å². The maximum atomic E-state index is 13.6. The smallest absolute Gasteiger partial charge is 0.128 e. The lowest BCUT2D eigenvalue weighted by Crippen LogP contribution is -1.99. The van der Waals surface area contributed by atoms with Crippen LogP contribution < -0.4 is 0 Å². The molecule has 0 N–H and O–H groups in total. The Balaban J connectivity index is 2.50. The van der Waals surface area contributed by atoms with E-state index >= 15 is 0 Å². The van der Waals surface area contributed by atoms with Gasteiger partial charge < -0.3 is 0 Å². The van der Waals surface area contributed by atoms with Gasteiger partial charge in [-0.1, -0.05) is 29.8 Å². The first kappa shape index (κ1) is 13.3. The lowest BCUT2D eigenvalue weighted by Gasteiger charge is -2.14. The minimum absolute atomic E-state index is 0.196. The zero-order valence-electron chi connectivity index (χ0n) is 9.55. The molecule has 2 rings (SSSR count). The summed E-state index contributed by atoms with van der Waals surface area (Å²) < 4.78 is 26.9. The van der Waals surface area contributed by atoms with Crippen LogP contribution in [0.15, 0.2) is 36.4 Å². The fraction of sp³-hybridized carbons (Fsp3) is 0.143. The molecule has 2 aromatic rings. The molecule has 0 aliphatic carbocycles. The van der Waals surface area contributed by atoms with E-state index in [2.05, 4.69) is 0 Å². The highest BCUT2D eigenvalue weighted by Gasteiger charge is 2.18. The summed E-state index contributed by atoms with van der Waals surface area (Å²) in [5.74, 6) is -0.809. The molecule has 94 valence electrons. The molecule has 1 unspecified atom stereocenters. The number of alkyl halides is 1. The molecule has 0 nitrogen and oxygen atoms in total. The standard InChI is InChI=1S/C14H10Cl2F2/c1-8-6-10(11(15)7-13(8)18)14(16)9-4-2-3-5-12(9)17/h2-7,14H,1H3. The topological polar surface area (TPSA) is 0 Å². The molecule has 1 atom stereocenters. The van der Waals surface area contributed by atoms with E-state index in [0.717, 1.165) is 0 Å². The molecule has 0 aliphatic rings. The molecule has 0 amide bonds. The van der Waals surface area contributed by atoms with Crippen molar-refractivity contribution < 1.29 is 8.78 Å². The van der Waals surface area contributed by atoms with Gasteiger partial charge in [0.2, 0.25) is 0 Å². The van der Waals surface area contributed by atoms with Gasteiger partial charge in [-0.15, -0.1) is 11.6 Å². The zero-order chi connectivity index (χ0) is 13.3. The summed E-state index contributed by atoms with van der Waals surface area (Å²) in [6, 6.07) is 8.93. The molecule has 0 aromatic heterocycles. The Hall–Kier alpha value is -1.12. The number of hydrogen-bond acceptors (Lipinski definition) is 0. The molecule has 0 aliphatic heterocycles. The van der Waals surface area contributed by atoms with E-state index in [-0.39, 0.29) is 5.02 Å². The van der Waals surface area contributed by atoms with Gasteiger partial charge >= 0.3 is 0 Å². The van der Waals surface area contributed by atoms with Crippen molar-refractivity contribution in [3.05, 3.63) is 69.7 Å². The maximum absolute atomic E-state index is 13.6. The quantitative estimate of drug-likeness (QED) is 0.661. The molecule has 4 heteroatoms. The number of halogens is 4. The Bertz CT molecular complexity index is 582. The van der Waals surface area contributed by atoms with Gasteiger partial charge in [0.05, 0.1) is 5.38 Å². The van der Waals surface area contributed by atoms with E-state index in [1.165, 1.54) is 12.1 Å². The molecule has 0 saturated carbocycles. The first-order valence-electron chi connectivity index (χ1n) is 5.34. The van der Waals surface area contributed by atoms with Crippen molar-refractivity contribution in [3.8, 4) is 0 Å². The summed E-state index contributed by atoms with van der Waals surface area (Å²) in [6.45, 7) is 1.61. The molecule has 0 saturated heterocycles. The first-order valence-corrected chi connectivity index (χ1v) is 6.16. The lowest BCUT2D eigenvalue weighted by molar-refractivity contribution is 0.610. The molecule has 2 aromatic carbocycles. The van der Waals surface area contributed by atoms with Crippen molar-refractivity contribution >= 4 is 23.2 Å². The first-order chi connectivity index (χ1) is 8.50. The van der Waals surface area contributed by atoms with Crippen LogP contribution in [0.25, 0.3) is 0 Å². The molecule has 0 spiro atoms. The van der Waals surface area contributed by atoms with E-state index < -0.39 is 17.0 Å². The van der Waals surface area contributed by atoms with Gasteiger partial charge in [0.15, 0.2) is 0 Å². The van der Waals surface area contributed by atoms with Gasteiger partial charge in [0.25, 0.3) is 0 Å². The molecule has 0 bridgehead atoms. The van der Waals surface area contributed by atoms with E-state index in [1.54, 1.807) is 31.2 Å². The highest BCUT2D eigenvalue weighted by atomic mass is 35.5. The second-order valence-corrected chi connectivity index (χ2v) is 4.85. The monoisotopic (exact) mass is 286 g/mol. The predicted molar refractivity (Wildman–Crippen MR) is 70.2 cm³/mol. The summed E-state index contributed by atoms with van der Waals surface area (Å²) in [5, 5.41) is -0.542. The molecular formula is C14H10Cl2F2. The van der Waals surface area contributed by atoms with Crippen molar-refractivity contribution in [3.63, 3.8) is 0 Å². The highest BCUT2D eigenvalue weighted by Crippen LogP contribution is 2.35. The van der Waals surface area contributed by atoms with Crippen LogP contribution in [0, 0.1) is 18.6 Å². The van der Waals surface area contributed by atoms with Gasteiger partial charge in [-0.25, -0.2) is 8.78 Å². The van der Waals surface area contributed by atoms with Crippen molar-refractivity contribution in [1.29, 1.82) is 0 Å². The van der Waals surface area contributed by atoms with E-state index in [9.17, 15) is 8.78 Å². The molecule has 18 heavy (non-hydrogen) atoms. The van der Waals surface area contributed by atoms with Crippen LogP contribution in [0.5, 0.6) is 0 Å². The van der Waals surface area contributed by atoms with Crippen LogP contribution >= 0.6 is 23.2 Å². The van der Waals surface area contributed by atoms with Gasteiger partial charge in [-0.3, -0.25) is 0 Å². The molecular weight excluding hydrogens is 277 g/mol. The van der Waals surface area contributed by atoms with Crippen molar-refractivity contribution in [1.82, 2.24) is 0 Å². The summed E-state index contributed by atoms with van der Waals surface area (Å²) in [7, 11) is 0. The van der Waals surface area contributed by atoms with E-state index in [0.29, 0.717) is 16.7 Å². The van der Waals surface area contributed by atoms with Crippen LogP contribution in [-0.4, -0.2) is 0 Å². The van der Waals surface area contributed by atoms with E-state index in [4.69, 9.17) is 23.2 Å². The third-order valence-corrected chi connectivity index (χ3v) is 3.53. The van der Waals surface area contributed by atoms with Gasteiger partial charge in [-0.2, -0.15) is 0 Å². The predicted octanol–water partition coefficient (Wildman–Crippen LogP) is 5.25. The van der Waals surface area contributed by atoms with E-state index in [1.807, 2.05) is 0 Å². The van der Waals surface area contributed by atoms with Crippen molar-refractivity contribution in [2.75, 3.05) is 0 Å². The van der Waals surface area contributed by atoms with Crippen LogP contribution in [0.3, 0.4) is 0 Å². The average Bonchev–Trinajstić information content (AvgIpc) is 2.33. The Morgan fingerprint density at radius 2 is 1.67 bits per heavy atom. The highest BCUT2D eigenvalue weighted by molar-refractivity contribution is 6.33. The summed E-state index contributed by atoms with van der Waals surface area (Å²) >= 11 is 12.2. The van der Waals surface area contributed by atoms with Crippen LogP contribution in [0.1, 0.15) is 22.1 Å². The normalized spacial score (nSPS) is 12.5. The Morgan fingerprint density at radius 1 is 1.00 bits per heavy atom. The van der Waals surface area contributed by atoms with Crippen molar-refractivity contribution in [2.24, 2.45) is 0 Å². The summed E-state index contributed by atoms with van der Waals surface area (Å²) in [6.07, 6.45) is 0. The molecule has 0 radical (unpaired) electrons. The Labute approximate surface area is 114 Å². The largest absolute Gasteiger partial charge is 0.207 e. The minimum Gasteiger partial charge on any atom is -0.207 e. The van der Waals surface area contributed by atoms with Crippen LogP contribution in [0.2, 0.25) is 5.02 Å². The maximum Gasteiger partial charge on any atom is 0.128 e.